The summed E-state index contributed by atoms with van der Waals surface area (Å²) in [5.41, 5.74) is 0.916. The van der Waals surface area contributed by atoms with E-state index in [0.717, 1.165) is 17.7 Å². The molecule has 7 heteroatoms. The molecule has 2 aliphatic heterocycles. The number of nitrogens with zero attached hydrogens (tertiary/aromatic N) is 1. The number of methoxy groups -OCH3 is 1. The highest BCUT2D eigenvalue weighted by Gasteiger charge is 2.36. The quantitative estimate of drug-likeness (QED) is 0.772. The van der Waals surface area contributed by atoms with Crippen molar-refractivity contribution in [3.63, 3.8) is 0 Å². The van der Waals surface area contributed by atoms with Gasteiger partial charge in [-0.1, -0.05) is 0 Å². The fourth-order valence-corrected chi connectivity index (χ4v) is 4.33. The molecule has 1 unspecified atom stereocenters. The van der Waals surface area contributed by atoms with Gasteiger partial charge in [-0.25, -0.2) is 8.42 Å². The third-order valence-corrected chi connectivity index (χ3v) is 5.85. The fraction of sp³-hybridized carbons (Fsp3) is 0.500. The first kappa shape index (κ1) is 14.3. The van der Waals surface area contributed by atoms with Crippen molar-refractivity contribution < 1.29 is 22.7 Å². The van der Waals surface area contributed by atoms with E-state index in [4.69, 9.17) is 4.74 Å². The lowest BCUT2D eigenvalue weighted by Gasteiger charge is -2.16. The molecule has 2 aliphatic rings. The van der Waals surface area contributed by atoms with Crippen molar-refractivity contribution in [3.8, 4) is 5.75 Å². The maximum Gasteiger partial charge on any atom is 0.310 e. The van der Waals surface area contributed by atoms with E-state index in [-0.39, 0.29) is 23.3 Å². The molecule has 1 atom stereocenters. The molecule has 6 nitrogen and oxygen atoms in total. The average Bonchev–Trinajstić information content (AvgIpc) is 3.14. The molecule has 1 saturated heterocycles. The number of esters is 1. The van der Waals surface area contributed by atoms with Crippen LogP contribution in [-0.2, 0) is 26.0 Å². The van der Waals surface area contributed by atoms with Gasteiger partial charge in [-0.2, -0.15) is 4.31 Å². The Kier molecular flexibility index (Phi) is 3.62. The van der Waals surface area contributed by atoms with Crippen molar-refractivity contribution in [1.29, 1.82) is 0 Å². The monoisotopic (exact) mass is 311 g/mol. The molecule has 114 valence electrons. The Balaban J connectivity index is 1.83. The normalized spacial score (nSPS) is 21.9. The zero-order valence-electron chi connectivity index (χ0n) is 11.7. The molecule has 2 heterocycles. The van der Waals surface area contributed by atoms with E-state index < -0.39 is 10.0 Å². The molecular formula is C14H17NO5S. The van der Waals surface area contributed by atoms with Crippen LogP contribution in [0.15, 0.2) is 23.1 Å². The Hall–Kier alpha value is -1.60. The minimum Gasteiger partial charge on any atom is -0.493 e. The molecule has 21 heavy (non-hydrogen) atoms. The van der Waals surface area contributed by atoms with E-state index in [1.165, 1.54) is 11.4 Å². The van der Waals surface area contributed by atoms with Gasteiger partial charge in [-0.05, 0) is 30.2 Å². The van der Waals surface area contributed by atoms with E-state index in [9.17, 15) is 13.2 Å². The second kappa shape index (κ2) is 5.31. The zero-order valence-corrected chi connectivity index (χ0v) is 12.6. The lowest BCUT2D eigenvalue weighted by Crippen LogP contribution is -2.30. The van der Waals surface area contributed by atoms with Crippen LogP contribution in [0.2, 0.25) is 0 Å². The summed E-state index contributed by atoms with van der Waals surface area (Å²) in [5, 5.41) is 0. The summed E-state index contributed by atoms with van der Waals surface area (Å²) in [6.07, 6.45) is 1.23. The molecule has 1 fully saturated rings. The fourth-order valence-electron chi connectivity index (χ4n) is 2.78. The molecule has 1 aromatic rings. The highest BCUT2D eigenvalue weighted by Crippen LogP contribution is 2.30. The number of ether oxygens (including phenoxy) is 2. The lowest BCUT2D eigenvalue weighted by molar-refractivity contribution is -0.144. The summed E-state index contributed by atoms with van der Waals surface area (Å²) in [5.74, 6) is 0.0281. The number of hydrogen-bond donors (Lipinski definition) is 0. The van der Waals surface area contributed by atoms with E-state index >= 15 is 0 Å². The van der Waals surface area contributed by atoms with Crippen LogP contribution < -0.4 is 4.74 Å². The third kappa shape index (κ3) is 2.51. The first-order valence-electron chi connectivity index (χ1n) is 6.86. The maximum atomic E-state index is 12.6. The minimum absolute atomic E-state index is 0.183. The van der Waals surface area contributed by atoms with Gasteiger partial charge < -0.3 is 9.47 Å². The molecular weight excluding hydrogens is 294 g/mol. The molecule has 3 rings (SSSR count). The molecule has 0 bridgehead atoms. The van der Waals surface area contributed by atoms with Crippen LogP contribution in [0.1, 0.15) is 12.0 Å². The van der Waals surface area contributed by atoms with Crippen molar-refractivity contribution in [2.24, 2.45) is 5.92 Å². The SMILES string of the molecule is COC(=O)C1CCN(S(=O)(=O)c2ccc3c(c2)CCO3)C1. The number of fused-ring (bicyclic) bond motifs is 1. The summed E-state index contributed by atoms with van der Waals surface area (Å²) in [4.78, 5) is 11.8. The van der Waals surface area contributed by atoms with Crippen molar-refractivity contribution >= 4 is 16.0 Å². The number of rotatable bonds is 3. The summed E-state index contributed by atoms with van der Waals surface area (Å²) < 4.78 is 36.7. The van der Waals surface area contributed by atoms with Gasteiger partial charge in [0.15, 0.2) is 0 Å². The molecule has 0 spiro atoms. The van der Waals surface area contributed by atoms with E-state index in [1.54, 1.807) is 18.2 Å². The molecule has 0 radical (unpaired) electrons. The molecule has 0 amide bonds. The Labute approximate surface area is 123 Å². The van der Waals surface area contributed by atoms with Gasteiger partial charge in [0.25, 0.3) is 0 Å². The summed E-state index contributed by atoms with van der Waals surface area (Å²) >= 11 is 0. The minimum atomic E-state index is -3.56. The number of carbonyl (C=O) groups excluding carboxylic acids is 1. The third-order valence-electron chi connectivity index (χ3n) is 3.98. The van der Waals surface area contributed by atoms with Crippen LogP contribution in [0.4, 0.5) is 0 Å². The van der Waals surface area contributed by atoms with Gasteiger partial charge in [0.1, 0.15) is 5.75 Å². The van der Waals surface area contributed by atoms with Gasteiger partial charge in [-0.15, -0.1) is 0 Å². The standard InChI is InChI=1S/C14H17NO5S/c1-19-14(16)11-4-6-15(9-11)21(17,18)12-2-3-13-10(8-12)5-7-20-13/h2-3,8,11H,4-7,9H2,1H3. The van der Waals surface area contributed by atoms with Crippen molar-refractivity contribution in [2.75, 3.05) is 26.8 Å². The van der Waals surface area contributed by atoms with Crippen molar-refractivity contribution in [1.82, 2.24) is 4.31 Å². The van der Waals surface area contributed by atoms with E-state index in [2.05, 4.69) is 4.74 Å². The Morgan fingerprint density at radius 2 is 2.24 bits per heavy atom. The highest BCUT2D eigenvalue weighted by atomic mass is 32.2. The first-order valence-corrected chi connectivity index (χ1v) is 8.30. The Bertz CT molecular complexity index is 670. The predicted octanol–water partition coefficient (Wildman–Crippen LogP) is 0.805. The topological polar surface area (TPSA) is 72.9 Å². The van der Waals surface area contributed by atoms with Crippen molar-refractivity contribution in [2.45, 2.75) is 17.7 Å². The largest absolute Gasteiger partial charge is 0.493 e. The van der Waals surface area contributed by atoms with Gasteiger partial charge in [0, 0.05) is 19.5 Å². The second-order valence-corrected chi connectivity index (χ2v) is 7.18. The summed E-state index contributed by atoms with van der Waals surface area (Å²) in [6, 6.07) is 4.93. The van der Waals surface area contributed by atoms with Gasteiger partial charge in [0.2, 0.25) is 10.0 Å². The second-order valence-electron chi connectivity index (χ2n) is 5.24. The van der Waals surface area contributed by atoms with Crippen LogP contribution in [0.25, 0.3) is 0 Å². The van der Waals surface area contributed by atoms with Crippen molar-refractivity contribution in [3.05, 3.63) is 23.8 Å². The number of carbonyl (C=O) groups is 1. The van der Waals surface area contributed by atoms with Gasteiger partial charge in [-0.3, -0.25) is 4.79 Å². The average molecular weight is 311 g/mol. The Morgan fingerprint density at radius 3 is 3.00 bits per heavy atom. The molecule has 0 saturated carbocycles. The van der Waals surface area contributed by atoms with E-state index in [0.29, 0.717) is 19.6 Å². The lowest BCUT2D eigenvalue weighted by atomic mass is 10.1. The molecule has 0 aliphatic carbocycles. The van der Waals surface area contributed by atoms with Crippen LogP contribution in [0, 0.1) is 5.92 Å². The summed E-state index contributed by atoms with van der Waals surface area (Å²) in [7, 11) is -2.25. The molecule has 1 aromatic carbocycles. The first-order chi connectivity index (χ1) is 10.0. The van der Waals surface area contributed by atoms with Gasteiger partial charge >= 0.3 is 5.97 Å². The number of benzene rings is 1. The zero-order chi connectivity index (χ0) is 15.0. The maximum absolute atomic E-state index is 12.6. The Morgan fingerprint density at radius 1 is 1.43 bits per heavy atom. The summed E-state index contributed by atoms with van der Waals surface area (Å²) in [6.45, 7) is 1.12. The van der Waals surface area contributed by atoms with Crippen LogP contribution in [-0.4, -0.2) is 45.5 Å². The highest BCUT2D eigenvalue weighted by molar-refractivity contribution is 7.89. The number of sulfonamides is 1. The number of hydrogen-bond acceptors (Lipinski definition) is 5. The van der Waals surface area contributed by atoms with Crippen LogP contribution in [0.5, 0.6) is 5.75 Å². The predicted molar refractivity (Wildman–Crippen MR) is 74.5 cm³/mol. The van der Waals surface area contributed by atoms with E-state index in [1.807, 2.05) is 0 Å². The smallest absolute Gasteiger partial charge is 0.310 e. The van der Waals surface area contributed by atoms with Crippen LogP contribution >= 0.6 is 0 Å². The van der Waals surface area contributed by atoms with Crippen LogP contribution in [0.3, 0.4) is 0 Å². The molecule has 0 aromatic heterocycles. The molecule has 0 N–H and O–H groups in total. The van der Waals surface area contributed by atoms with Gasteiger partial charge in [0.05, 0.1) is 24.5 Å².